The van der Waals surface area contributed by atoms with Gasteiger partial charge in [0, 0.05) is 12.6 Å². The molecule has 18 heavy (non-hydrogen) atoms. The van der Waals surface area contributed by atoms with E-state index >= 15 is 0 Å². The molecular formula is C14H22N2O2. The molecule has 1 amide bonds. The SMILES string of the molecule is CC(C)[C@@H](N)C(=O)N(C)C(C)c1ccccc1O. The molecule has 2 atom stereocenters. The second-order valence-electron chi connectivity index (χ2n) is 4.95. The van der Waals surface area contributed by atoms with Crippen molar-refractivity contribution in [1.29, 1.82) is 0 Å². The van der Waals surface area contributed by atoms with Gasteiger partial charge in [0.2, 0.25) is 5.91 Å². The van der Waals surface area contributed by atoms with Crippen LogP contribution >= 0.6 is 0 Å². The van der Waals surface area contributed by atoms with Gasteiger partial charge in [-0.1, -0.05) is 32.0 Å². The molecular weight excluding hydrogens is 228 g/mol. The third kappa shape index (κ3) is 3.01. The third-order valence-corrected chi connectivity index (χ3v) is 3.32. The monoisotopic (exact) mass is 250 g/mol. The van der Waals surface area contributed by atoms with E-state index in [0.717, 1.165) is 5.56 Å². The fourth-order valence-electron chi connectivity index (χ4n) is 1.76. The summed E-state index contributed by atoms with van der Waals surface area (Å²) in [6.07, 6.45) is 0. The van der Waals surface area contributed by atoms with Crippen molar-refractivity contribution in [2.75, 3.05) is 7.05 Å². The maximum atomic E-state index is 12.1. The average Bonchev–Trinajstić information content (AvgIpc) is 2.35. The predicted molar refractivity (Wildman–Crippen MR) is 72.1 cm³/mol. The van der Waals surface area contributed by atoms with Gasteiger partial charge in [0.1, 0.15) is 5.75 Å². The number of rotatable bonds is 4. The van der Waals surface area contributed by atoms with Crippen molar-refractivity contribution in [3.8, 4) is 5.75 Å². The van der Waals surface area contributed by atoms with E-state index in [1.54, 1.807) is 24.1 Å². The second kappa shape index (κ2) is 5.87. The van der Waals surface area contributed by atoms with Crippen molar-refractivity contribution in [3.05, 3.63) is 29.8 Å². The molecule has 1 rings (SSSR count). The minimum Gasteiger partial charge on any atom is -0.508 e. The number of hydrogen-bond donors (Lipinski definition) is 2. The Bertz CT molecular complexity index is 418. The molecule has 4 heteroatoms. The van der Waals surface area contributed by atoms with Gasteiger partial charge in [-0.25, -0.2) is 0 Å². The number of hydrogen-bond acceptors (Lipinski definition) is 3. The zero-order valence-corrected chi connectivity index (χ0v) is 11.4. The second-order valence-corrected chi connectivity index (χ2v) is 4.95. The summed E-state index contributed by atoms with van der Waals surface area (Å²) in [5, 5.41) is 9.79. The summed E-state index contributed by atoms with van der Waals surface area (Å²) >= 11 is 0. The molecule has 4 nitrogen and oxygen atoms in total. The summed E-state index contributed by atoms with van der Waals surface area (Å²) in [5.41, 5.74) is 6.59. The van der Waals surface area contributed by atoms with Crippen LogP contribution in [0.2, 0.25) is 0 Å². The zero-order chi connectivity index (χ0) is 13.9. The predicted octanol–water partition coefficient (Wildman–Crippen LogP) is 1.89. The van der Waals surface area contributed by atoms with Gasteiger partial charge in [0.15, 0.2) is 0 Å². The summed E-state index contributed by atoms with van der Waals surface area (Å²) in [7, 11) is 1.71. The van der Waals surface area contributed by atoms with Crippen LogP contribution in [-0.4, -0.2) is 29.0 Å². The Morgan fingerprint density at radius 1 is 1.28 bits per heavy atom. The minimum atomic E-state index is -0.511. The summed E-state index contributed by atoms with van der Waals surface area (Å²) in [5.74, 6) is 0.181. The number of phenolic OH excluding ortho intramolecular Hbond substituents is 1. The molecule has 0 aliphatic carbocycles. The Hall–Kier alpha value is -1.55. The van der Waals surface area contributed by atoms with Crippen molar-refractivity contribution in [3.63, 3.8) is 0 Å². The number of likely N-dealkylation sites (N-methyl/N-ethyl adjacent to an activating group) is 1. The van der Waals surface area contributed by atoms with Crippen LogP contribution in [0.3, 0.4) is 0 Å². The lowest BCUT2D eigenvalue weighted by atomic mass is 10.0. The molecule has 0 aromatic heterocycles. The molecule has 0 saturated heterocycles. The number of nitrogens with two attached hydrogens (primary N) is 1. The van der Waals surface area contributed by atoms with Crippen LogP contribution in [0.4, 0.5) is 0 Å². The van der Waals surface area contributed by atoms with Crippen LogP contribution in [0.15, 0.2) is 24.3 Å². The van der Waals surface area contributed by atoms with E-state index in [2.05, 4.69) is 0 Å². The topological polar surface area (TPSA) is 66.6 Å². The lowest BCUT2D eigenvalue weighted by Gasteiger charge is -2.29. The summed E-state index contributed by atoms with van der Waals surface area (Å²) in [6.45, 7) is 5.71. The normalized spacial score (nSPS) is 14.3. The van der Waals surface area contributed by atoms with Gasteiger partial charge in [-0.15, -0.1) is 0 Å². The highest BCUT2D eigenvalue weighted by Crippen LogP contribution is 2.27. The molecule has 0 fully saturated rings. The first-order chi connectivity index (χ1) is 8.36. The minimum absolute atomic E-state index is 0.0940. The summed E-state index contributed by atoms with van der Waals surface area (Å²) in [6, 6.07) is 6.31. The van der Waals surface area contributed by atoms with E-state index in [0.29, 0.717) is 0 Å². The number of aromatic hydroxyl groups is 1. The number of carbonyl (C=O) groups excluding carboxylic acids is 1. The highest BCUT2D eigenvalue weighted by Gasteiger charge is 2.25. The maximum absolute atomic E-state index is 12.1. The van der Waals surface area contributed by atoms with Crippen molar-refractivity contribution in [1.82, 2.24) is 4.90 Å². The molecule has 0 aliphatic rings. The molecule has 1 unspecified atom stereocenters. The summed E-state index contributed by atoms with van der Waals surface area (Å²) in [4.78, 5) is 13.7. The van der Waals surface area contributed by atoms with E-state index in [-0.39, 0.29) is 23.6 Å². The lowest BCUT2D eigenvalue weighted by Crippen LogP contribution is -2.45. The fourth-order valence-corrected chi connectivity index (χ4v) is 1.76. The first-order valence-corrected chi connectivity index (χ1v) is 6.16. The van der Waals surface area contributed by atoms with Crippen molar-refractivity contribution in [2.24, 2.45) is 11.7 Å². The Morgan fingerprint density at radius 2 is 1.83 bits per heavy atom. The number of carbonyl (C=O) groups is 1. The largest absolute Gasteiger partial charge is 0.508 e. The van der Waals surface area contributed by atoms with Crippen LogP contribution < -0.4 is 5.73 Å². The Balaban J connectivity index is 2.88. The first kappa shape index (κ1) is 14.5. The van der Waals surface area contributed by atoms with Gasteiger partial charge in [-0.05, 0) is 18.9 Å². The van der Waals surface area contributed by atoms with Gasteiger partial charge >= 0.3 is 0 Å². The molecule has 1 aromatic rings. The maximum Gasteiger partial charge on any atom is 0.239 e. The Labute approximate surface area is 108 Å². The highest BCUT2D eigenvalue weighted by atomic mass is 16.3. The molecule has 0 spiro atoms. The number of phenols is 1. The first-order valence-electron chi connectivity index (χ1n) is 6.16. The van der Waals surface area contributed by atoms with E-state index in [9.17, 15) is 9.90 Å². The van der Waals surface area contributed by atoms with Crippen molar-refractivity contribution >= 4 is 5.91 Å². The zero-order valence-electron chi connectivity index (χ0n) is 11.4. The van der Waals surface area contributed by atoms with Crippen molar-refractivity contribution in [2.45, 2.75) is 32.9 Å². The van der Waals surface area contributed by atoms with E-state index in [1.165, 1.54) is 0 Å². The van der Waals surface area contributed by atoms with Crippen LogP contribution in [-0.2, 0) is 4.79 Å². The van der Waals surface area contributed by atoms with Crippen LogP contribution in [0.25, 0.3) is 0 Å². The van der Waals surface area contributed by atoms with E-state index in [1.807, 2.05) is 32.9 Å². The molecule has 0 heterocycles. The van der Waals surface area contributed by atoms with Crippen LogP contribution in [0.5, 0.6) is 5.75 Å². The van der Waals surface area contributed by atoms with Gasteiger partial charge in [-0.3, -0.25) is 4.79 Å². The molecule has 1 aromatic carbocycles. The Morgan fingerprint density at radius 3 is 2.33 bits per heavy atom. The highest BCUT2D eigenvalue weighted by molar-refractivity contribution is 5.82. The number of nitrogens with zero attached hydrogens (tertiary/aromatic N) is 1. The smallest absolute Gasteiger partial charge is 0.239 e. The quantitative estimate of drug-likeness (QED) is 0.857. The van der Waals surface area contributed by atoms with Gasteiger partial charge in [0.05, 0.1) is 12.1 Å². The molecule has 0 bridgehead atoms. The van der Waals surface area contributed by atoms with E-state index in [4.69, 9.17) is 5.73 Å². The van der Waals surface area contributed by atoms with Gasteiger partial charge in [0.25, 0.3) is 0 Å². The fraction of sp³-hybridized carbons (Fsp3) is 0.500. The molecule has 3 N–H and O–H groups in total. The third-order valence-electron chi connectivity index (χ3n) is 3.32. The molecule has 0 aliphatic heterocycles. The molecule has 0 radical (unpaired) electrons. The Kier molecular flexibility index (Phi) is 4.73. The lowest BCUT2D eigenvalue weighted by molar-refractivity contribution is -0.134. The summed E-state index contributed by atoms with van der Waals surface area (Å²) < 4.78 is 0. The van der Waals surface area contributed by atoms with Gasteiger partial charge in [-0.2, -0.15) is 0 Å². The van der Waals surface area contributed by atoms with Gasteiger partial charge < -0.3 is 15.7 Å². The van der Waals surface area contributed by atoms with Crippen LogP contribution in [0.1, 0.15) is 32.4 Å². The number of para-hydroxylation sites is 1. The number of amides is 1. The standard InChI is InChI=1S/C14H22N2O2/c1-9(2)13(15)14(18)16(4)10(3)11-7-5-6-8-12(11)17/h5-10,13,17H,15H2,1-4H3/t10?,13-/m1/s1. The van der Waals surface area contributed by atoms with Crippen LogP contribution in [0, 0.1) is 5.92 Å². The van der Waals surface area contributed by atoms with Crippen molar-refractivity contribution < 1.29 is 9.90 Å². The molecule has 0 saturated carbocycles. The van der Waals surface area contributed by atoms with E-state index < -0.39 is 6.04 Å². The number of benzene rings is 1. The average molecular weight is 250 g/mol. The molecule has 100 valence electrons.